The van der Waals surface area contributed by atoms with Gasteiger partial charge in [-0.2, -0.15) is 0 Å². The fourth-order valence-corrected chi connectivity index (χ4v) is 1.85. The van der Waals surface area contributed by atoms with Gasteiger partial charge in [0.25, 0.3) is 5.91 Å². The summed E-state index contributed by atoms with van der Waals surface area (Å²) in [7, 11) is 0. The van der Waals surface area contributed by atoms with Crippen LogP contribution in [-0.2, 0) is 0 Å². The molecule has 1 aromatic carbocycles. The van der Waals surface area contributed by atoms with Crippen molar-refractivity contribution < 1.29 is 9.18 Å². The maximum Gasteiger partial charge on any atom is 0.293 e. The monoisotopic (exact) mass is 268 g/mol. The first kappa shape index (κ1) is 12.2. The number of nitrogens with one attached hydrogen (secondary N) is 1. The fourth-order valence-electron chi connectivity index (χ4n) is 1.85. The maximum atomic E-state index is 13.5. The molecule has 0 aliphatic heterocycles. The molecule has 5 nitrogen and oxygen atoms in total. The Bertz CT molecular complexity index is 776. The zero-order chi connectivity index (χ0) is 13.9. The predicted octanol–water partition coefficient (Wildman–Crippen LogP) is 2.42. The Kier molecular flexibility index (Phi) is 3.04. The molecule has 0 fully saturated rings. The summed E-state index contributed by atoms with van der Waals surface area (Å²) in [6, 6.07) is 7.61. The summed E-state index contributed by atoms with van der Waals surface area (Å²) in [5.74, 6) is -0.946. The summed E-state index contributed by atoms with van der Waals surface area (Å²) in [4.78, 5) is 23.8. The predicted molar refractivity (Wildman–Crippen MR) is 71.7 cm³/mol. The number of halogens is 1. The summed E-state index contributed by atoms with van der Waals surface area (Å²) >= 11 is 0. The molecule has 2 heterocycles. The third-order valence-electron chi connectivity index (χ3n) is 2.69. The number of carbonyl (C=O) groups excluding carboxylic acids is 1. The fraction of sp³-hybridized carbons (Fsp3) is 0. The van der Waals surface area contributed by atoms with E-state index in [-0.39, 0.29) is 11.5 Å². The van der Waals surface area contributed by atoms with E-state index < -0.39 is 11.7 Å². The molecule has 3 rings (SSSR count). The minimum atomic E-state index is -0.511. The highest BCUT2D eigenvalue weighted by Gasteiger charge is 2.12. The van der Waals surface area contributed by atoms with Crippen molar-refractivity contribution in [2.75, 3.05) is 5.32 Å². The van der Waals surface area contributed by atoms with Gasteiger partial charge in [0.15, 0.2) is 0 Å². The quantitative estimate of drug-likeness (QED) is 0.775. The van der Waals surface area contributed by atoms with Gasteiger partial charge < -0.3 is 5.32 Å². The SMILES string of the molecule is O=C(Nc1cc(F)cc2cccnc12)c1ncccn1. The Hall–Kier alpha value is -2.89. The number of pyridine rings is 1. The van der Waals surface area contributed by atoms with E-state index in [1.165, 1.54) is 24.5 Å². The molecular weight excluding hydrogens is 259 g/mol. The Morgan fingerprint density at radius 1 is 1.05 bits per heavy atom. The average molecular weight is 268 g/mol. The van der Waals surface area contributed by atoms with Crippen LogP contribution in [0.1, 0.15) is 10.6 Å². The Morgan fingerprint density at radius 3 is 2.60 bits per heavy atom. The van der Waals surface area contributed by atoms with Crippen LogP contribution in [-0.4, -0.2) is 20.9 Å². The van der Waals surface area contributed by atoms with Crippen LogP contribution in [0.25, 0.3) is 10.9 Å². The lowest BCUT2D eigenvalue weighted by Crippen LogP contribution is -2.15. The number of hydrogen-bond acceptors (Lipinski definition) is 4. The number of benzene rings is 1. The number of anilines is 1. The van der Waals surface area contributed by atoms with Crippen molar-refractivity contribution in [1.82, 2.24) is 15.0 Å². The lowest BCUT2D eigenvalue weighted by atomic mass is 10.2. The van der Waals surface area contributed by atoms with Crippen molar-refractivity contribution in [2.24, 2.45) is 0 Å². The smallest absolute Gasteiger partial charge is 0.293 e. The minimum Gasteiger partial charge on any atom is -0.317 e. The van der Waals surface area contributed by atoms with E-state index in [0.29, 0.717) is 10.9 Å². The summed E-state index contributed by atoms with van der Waals surface area (Å²) in [6.07, 6.45) is 4.50. The molecule has 0 saturated heterocycles. The number of fused-ring (bicyclic) bond motifs is 1. The van der Waals surface area contributed by atoms with Gasteiger partial charge in [-0.1, -0.05) is 6.07 Å². The van der Waals surface area contributed by atoms with Gasteiger partial charge in [-0.15, -0.1) is 0 Å². The lowest BCUT2D eigenvalue weighted by molar-refractivity contribution is 0.101. The lowest BCUT2D eigenvalue weighted by Gasteiger charge is -2.07. The number of nitrogens with zero attached hydrogens (tertiary/aromatic N) is 3. The molecule has 0 spiro atoms. The highest BCUT2D eigenvalue weighted by atomic mass is 19.1. The maximum absolute atomic E-state index is 13.5. The Labute approximate surface area is 113 Å². The molecule has 0 unspecified atom stereocenters. The Morgan fingerprint density at radius 2 is 1.80 bits per heavy atom. The van der Waals surface area contributed by atoms with E-state index in [1.54, 1.807) is 24.4 Å². The van der Waals surface area contributed by atoms with Crippen LogP contribution in [0.5, 0.6) is 0 Å². The third-order valence-corrected chi connectivity index (χ3v) is 2.69. The molecule has 0 bridgehead atoms. The molecule has 6 heteroatoms. The van der Waals surface area contributed by atoms with Crippen LogP contribution in [0.2, 0.25) is 0 Å². The van der Waals surface area contributed by atoms with Crippen LogP contribution in [0, 0.1) is 5.82 Å². The molecule has 0 aliphatic rings. The summed E-state index contributed by atoms with van der Waals surface area (Å²) in [6.45, 7) is 0. The molecule has 0 atom stereocenters. The van der Waals surface area contributed by atoms with Crippen LogP contribution >= 0.6 is 0 Å². The number of amides is 1. The van der Waals surface area contributed by atoms with Crippen LogP contribution in [0.3, 0.4) is 0 Å². The molecule has 1 N–H and O–H groups in total. The second-order valence-electron chi connectivity index (χ2n) is 4.05. The second-order valence-corrected chi connectivity index (χ2v) is 4.05. The normalized spacial score (nSPS) is 10.4. The van der Waals surface area contributed by atoms with Gasteiger partial charge in [0.05, 0.1) is 11.2 Å². The van der Waals surface area contributed by atoms with E-state index in [1.807, 2.05) is 0 Å². The molecule has 3 aromatic rings. The average Bonchev–Trinajstić information content (AvgIpc) is 2.48. The highest BCUT2D eigenvalue weighted by molar-refractivity contribution is 6.06. The van der Waals surface area contributed by atoms with Gasteiger partial charge in [0.1, 0.15) is 5.82 Å². The molecule has 0 saturated carbocycles. The van der Waals surface area contributed by atoms with Gasteiger partial charge in [-0.3, -0.25) is 9.78 Å². The van der Waals surface area contributed by atoms with Gasteiger partial charge in [0, 0.05) is 24.0 Å². The van der Waals surface area contributed by atoms with E-state index >= 15 is 0 Å². The summed E-state index contributed by atoms with van der Waals surface area (Å²) < 4.78 is 13.5. The molecular formula is C14H9FN4O. The number of rotatable bonds is 2. The first-order valence-electron chi connectivity index (χ1n) is 5.87. The van der Waals surface area contributed by atoms with Gasteiger partial charge in [0.2, 0.25) is 5.82 Å². The highest BCUT2D eigenvalue weighted by Crippen LogP contribution is 2.23. The molecule has 0 radical (unpaired) electrons. The second kappa shape index (κ2) is 5.00. The third kappa shape index (κ3) is 2.31. The first-order valence-corrected chi connectivity index (χ1v) is 5.87. The van der Waals surface area contributed by atoms with Gasteiger partial charge in [-0.25, -0.2) is 14.4 Å². The number of hydrogen-bond donors (Lipinski definition) is 1. The zero-order valence-electron chi connectivity index (χ0n) is 10.2. The van der Waals surface area contributed by atoms with E-state index in [9.17, 15) is 9.18 Å². The number of aromatic nitrogens is 3. The first-order chi connectivity index (χ1) is 9.74. The molecule has 1 amide bonds. The summed E-state index contributed by atoms with van der Waals surface area (Å²) in [5.41, 5.74) is 0.802. The van der Waals surface area contributed by atoms with Crippen molar-refractivity contribution in [2.45, 2.75) is 0 Å². The van der Waals surface area contributed by atoms with Crippen LogP contribution in [0.15, 0.2) is 48.9 Å². The van der Waals surface area contributed by atoms with E-state index in [4.69, 9.17) is 0 Å². The summed E-state index contributed by atoms with van der Waals surface area (Å²) in [5, 5.41) is 3.18. The van der Waals surface area contributed by atoms with Gasteiger partial charge in [-0.05, 0) is 24.3 Å². The number of carbonyl (C=O) groups is 1. The molecule has 2 aromatic heterocycles. The van der Waals surface area contributed by atoms with Crippen molar-refractivity contribution in [1.29, 1.82) is 0 Å². The van der Waals surface area contributed by atoms with Gasteiger partial charge >= 0.3 is 0 Å². The van der Waals surface area contributed by atoms with Crippen molar-refractivity contribution in [3.8, 4) is 0 Å². The Balaban J connectivity index is 2.01. The zero-order valence-corrected chi connectivity index (χ0v) is 10.2. The van der Waals surface area contributed by atoms with Crippen molar-refractivity contribution in [3.63, 3.8) is 0 Å². The molecule has 98 valence electrons. The van der Waals surface area contributed by atoms with Crippen LogP contribution in [0.4, 0.5) is 10.1 Å². The minimum absolute atomic E-state index is 0.0147. The molecule has 0 aliphatic carbocycles. The standard InChI is InChI=1S/C14H9FN4O/c15-10-7-9-3-1-4-16-12(9)11(8-10)19-14(20)13-17-5-2-6-18-13/h1-8H,(H,19,20). The van der Waals surface area contributed by atoms with Crippen molar-refractivity contribution >= 4 is 22.5 Å². The topological polar surface area (TPSA) is 67.8 Å². The van der Waals surface area contributed by atoms with E-state index in [2.05, 4.69) is 20.3 Å². The largest absolute Gasteiger partial charge is 0.317 e. The molecule has 20 heavy (non-hydrogen) atoms. The van der Waals surface area contributed by atoms with E-state index in [0.717, 1.165) is 0 Å². The van der Waals surface area contributed by atoms with Crippen molar-refractivity contribution in [3.05, 3.63) is 60.6 Å². The van der Waals surface area contributed by atoms with Crippen LogP contribution < -0.4 is 5.32 Å².